The fourth-order valence-electron chi connectivity index (χ4n) is 4.00. The number of nitrogens with zero attached hydrogens (tertiary/aromatic N) is 4. The van der Waals surface area contributed by atoms with Crippen LogP contribution in [-0.2, 0) is 28.4 Å². The van der Waals surface area contributed by atoms with E-state index < -0.39 is 56.1 Å². The van der Waals surface area contributed by atoms with Gasteiger partial charge >= 0.3 is 11.9 Å². The zero-order chi connectivity index (χ0) is 30.2. The number of nitrogens with one attached hydrogen (secondary N) is 2. The van der Waals surface area contributed by atoms with Gasteiger partial charge in [-0.25, -0.2) is 29.5 Å². The molecule has 0 bridgehead atoms. The maximum Gasteiger partial charge on any atom is 0.323 e. The second kappa shape index (κ2) is 14.8. The first-order chi connectivity index (χ1) is 19.5. The Hall–Kier alpha value is -2.97. The number of halogens is 1. The van der Waals surface area contributed by atoms with E-state index in [0.717, 1.165) is 18.7 Å². The summed E-state index contributed by atoms with van der Waals surface area (Å²) < 4.78 is 46.6. The smallest absolute Gasteiger partial charge is 0.323 e. The van der Waals surface area contributed by atoms with Crippen molar-refractivity contribution in [1.29, 1.82) is 0 Å². The summed E-state index contributed by atoms with van der Waals surface area (Å²) in [5, 5.41) is 16.0. The number of unbranched alkanes of at least 4 members (excludes halogenated alkanes) is 2. The number of carbonyl (C=O) groups excluding carboxylic acids is 2. The lowest BCUT2D eigenvalue weighted by Crippen LogP contribution is -2.41. The molecule has 14 nitrogen and oxygen atoms in total. The Bertz CT molecular complexity index is 1230. The molecule has 2 aromatic heterocycles. The molecule has 0 saturated carbocycles. The molecule has 5 N–H and O–H groups in total. The summed E-state index contributed by atoms with van der Waals surface area (Å²) in [6, 6.07) is -2.06. The number of hydrogen-bond donors (Lipinski definition) is 4. The molecule has 41 heavy (non-hydrogen) atoms. The van der Waals surface area contributed by atoms with Gasteiger partial charge in [0.2, 0.25) is 7.44 Å². The number of carbonyl (C=O) groups is 2. The fourth-order valence-corrected chi connectivity index (χ4v) is 6.02. The van der Waals surface area contributed by atoms with Gasteiger partial charge in [0.15, 0.2) is 23.9 Å². The van der Waals surface area contributed by atoms with E-state index in [4.69, 9.17) is 19.9 Å². The molecule has 1 fully saturated rings. The van der Waals surface area contributed by atoms with Gasteiger partial charge in [-0.3, -0.25) is 18.7 Å². The second-order valence-corrected chi connectivity index (χ2v) is 11.9. The largest absolute Gasteiger partial charge is 0.465 e. The van der Waals surface area contributed by atoms with Crippen LogP contribution in [0.5, 0.6) is 0 Å². The van der Waals surface area contributed by atoms with Gasteiger partial charge in [0.05, 0.1) is 19.5 Å². The molecule has 2 aromatic rings. The number of aliphatic hydroxyl groups is 1. The Kier molecular flexibility index (Phi) is 11.7. The van der Waals surface area contributed by atoms with E-state index in [-0.39, 0.29) is 30.2 Å². The van der Waals surface area contributed by atoms with E-state index in [1.54, 1.807) is 0 Å². The lowest BCUT2D eigenvalue weighted by Gasteiger charge is -2.24. The number of imidazole rings is 1. The Balaban J connectivity index is 1.80. The summed E-state index contributed by atoms with van der Waals surface area (Å²) in [7, 11) is -3.89. The van der Waals surface area contributed by atoms with Crippen molar-refractivity contribution in [2.75, 3.05) is 18.9 Å². The number of rotatable bonds is 15. The molecule has 0 aliphatic carbocycles. The van der Waals surface area contributed by atoms with Crippen molar-refractivity contribution < 1.29 is 37.9 Å². The zero-order valence-corrected chi connectivity index (χ0v) is 24.5. The second-order valence-electron chi connectivity index (χ2n) is 9.75. The van der Waals surface area contributed by atoms with Crippen LogP contribution in [0.4, 0.5) is 10.2 Å². The quantitative estimate of drug-likeness (QED) is 0.133. The highest BCUT2D eigenvalue weighted by Crippen LogP contribution is 2.42. The first kappa shape index (κ1) is 32.5. The number of hydrogen-bond acceptors (Lipinski definition) is 11. The number of anilines is 1. The van der Waals surface area contributed by atoms with E-state index in [1.165, 1.54) is 37.1 Å². The van der Waals surface area contributed by atoms with Crippen LogP contribution >= 0.6 is 7.44 Å². The lowest BCUT2D eigenvalue weighted by molar-refractivity contribution is -0.145. The number of fused-ring (bicyclic) bond motifs is 1. The molecule has 1 aliphatic heterocycles. The van der Waals surface area contributed by atoms with Crippen molar-refractivity contribution >= 4 is 36.4 Å². The average Bonchev–Trinajstić information content (AvgIpc) is 3.49. The molecule has 0 amide bonds. The summed E-state index contributed by atoms with van der Waals surface area (Å²) in [6.07, 6.45) is 0.555. The van der Waals surface area contributed by atoms with Gasteiger partial charge in [0, 0.05) is 5.82 Å². The number of nitrogen functional groups attached to an aromatic ring is 1. The van der Waals surface area contributed by atoms with Crippen LogP contribution in [0.1, 0.15) is 59.6 Å². The number of ether oxygens (including phenoxy) is 3. The molecule has 1 aliphatic rings. The molecule has 0 aromatic carbocycles. The molecule has 16 heteroatoms. The molecule has 3 rings (SSSR count). The van der Waals surface area contributed by atoms with Gasteiger partial charge in [-0.15, -0.1) is 0 Å². The van der Waals surface area contributed by atoms with E-state index in [0.29, 0.717) is 12.8 Å². The maximum atomic E-state index is 15.2. The van der Waals surface area contributed by atoms with Crippen molar-refractivity contribution in [3.05, 3.63) is 24.5 Å². The number of aromatic nitrogens is 4. The summed E-state index contributed by atoms with van der Waals surface area (Å²) >= 11 is 0. The molecule has 0 radical (unpaired) electrons. The van der Waals surface area contributed by atoms with Crippen molar-refractivity contribution in [2.45, 2.75) is 90.1 Å². The SMILES string of the molecule is CCCCOC(=O)[C@H](C)NP(=O)(/C=C/[C@H]1O[C@@H](n2cnc3c(N)ncnc32)[C@@H](F)[C@@H]1O)N[C@H](C)C(=O)OCCCC. The van der Waals surface area contributed by atoms with Crippen LogP contribution in [0.3, 0.4) is 0 Å². The highest BCUT2D eigenvalue weighted by atomic mass is 31.2. The van der Waals surface area contributed by atoms with E-state index in [1.807, 2.05) is 13.8 Å². The maximum absolute atomic E-state index is 15.2. The predicted molar refractivity (Wildman–Crippen MR) is 148 cm³/mol. The number of nitrogens with two attached hydrogens (primary N) is 1. The molecular weight excluding hydrogens is 560 g/mol. The highest BCUT2D eigenvalue weighted by Gasteiger charge is 2.45. The number of esters is 2. The van der Waals surface area contributed by atoms with Crippen LogP contribution in [0.25, 0.3) is 11.2 Å². The van der Waals surface area contributed by atoms with Crippen molar-refractivity contribution in [3.63, 3.8) is 0 Å². The van der Waals surface area contributed by atoms with Crippen LogP contribution in [0.2, 0.25) is 0 Å². The number of alkyl halides is 1. The molecule has 1 saturated heterocycles. The first-order valence-corrected chi connectivity index (χ1v) is 15.4. The summed E-state index contributed by atoms with van der Waals surface area (Å²) in [5.41, 5.74) is 6.26. The third-order valence-electron chi connectivity index (χ3n) is 6.34. The van der Waals surface area contributed by atoms with E-state index in [9.17, 15) is 19.3 Å². The monoisotopic (exact) mass is 599 g/mol. The average molecular weight is 600 g/mol. The molecule has 3 heterocycles. The summed E-state index contributed by atoms with van der Waals surface area (Å²) in [6.45, 7) is 7.24. The van der Waals surface area contributed by atoms with Gasteiger partial charge < -0.3 is 25.1 Å². The predicted octanol–water partition coefficient (Wildman–Crippen LogP) is 2.35. The van der Waals surface area contributed by atoms with Gasteiger partial charge in [-0.05, 0) is 32.8 Å². The Morgan fingerprint density at radius 2 is 1.73 bits per heavy atom. The normalized spacial score (nSPS) is 23.9. The molecule has 0 spiro atoms. The van der Waals surface area contributed by atoms with Crippen LogP contribution in [0.15, 0.2) is 24.5 Å². The van der Waals surface area contributed by atoms with Gasteiger partial charge in [-0.2, -0.15) is 0 Å². The van der Waals surface area contributed by atoms with Gasteiger partial charge in [-0.1, -0.05) is 26.7 Å². The third-order valence-corrected chi connectivity index (χ3v) is 8.47. The topological polar surface area (TPSA) is 193 Å². The van der Waals surface area contributed by atoms with Crippen molar-refractivity contribution in [1.82, 2.24) is 29.7 Å². The minimum absolute atomic E-state index is 0.0990. The van der Waals surface area contributed by atoms with Crippen molar-refractivity contribution in [2.24, 2.45) is 0 Å². The number of aliphatic hydroxyl groups excluding tert-OH is 1. The van der Waals surface area contributed by atoms with Gasteiger partial charge in [0.25, 0.3) is 0 Å². The van der Waals surface area contributed by atoms with Crippen molar-refractivity contribution in [3.8, 4) is 0 Å². The minimum Gasteiger partial charge on any atom is -0.465 e. The molecular formula is C25H39FN7O7P. The molecule has 7 atom stereocenters. The first-order valence-electron chi connectivity index (χ1n) is 13.6. The molecule has 1 unspecified atom stereocenters. The van der Waals surface area contributed by atoms with Crippen LogP contribution < -0.4 is 15.9 Å². The standard InChI is InChI=1S/C25H39FN7O7P/c1-5-7-10-38-24(35)15(3)31-41(37,32-16(4)25(36)39-11-8-6-2)12-9-17-20(34)18(26)23(40-17)33-14-30-19-21(27)28-13-29-22(19)33/h9,12-18,20,23,34H,5-8,10-11H2,1-4H3,(H2,27,28,29)(H2,31,32,37)/b12-9+/t15-,16+,17-,18+,20-,23-,41?/m1/s1. The minimum atomic E-state index is -3.89. The van der Waals surface area contributed by atoms with Crippen LogP contribution in [-0.4, -0.2) is 80.2 Å². The van der Waals surface area contributed by atoms with Crippen LogP contribution in [0, 0.1) is 0 Å². The molecule has 228 valence electrons. The Morgan fingerprint density at radius 3 is 2.29 bits per heavy atom. The fraction of sp³-hybridized carbons (Fsp3) is 0.640. The Labute approximate surface area is 237 Å². The van der Waals surface area contributed by atoms with E-state index >= 15 is 4.39 Å². The summed E-state index contributed by atoms with van der Waals surface area (Å²) in [5.74, 6) is -0.0436. The van der Waals surface area contributed by atoms with E-state index in [2.05, 4.69) is 25.1 Å². The zero-order valence-electron chi connectivity index (χ0n) is 23.6. The third kappa shape index (κ3) is 8.29. The Morgan fingerprint density at radius 1 is 1.15 bits per heavy atom. The lowest BCUT2D eigenvalue weighted by atomic mass is 10.1. The van der Waals surface area contributed by atoms with Gasteiger partial charge in [0.1, 0.15) is 36.1 Å². The highest BCUT2D eigenvalue weighted by molar-refractivity contribution is 7.63. The summed E-state index contributed by atoms with van der Waals surface area (Å²) in [4.78, 5) is 36.9.